The molecule has 0 bridgehead atoms. The Balaban J connectivity index is 1.91. The fourth-order valence-corrected chi connectivity index (χ4v) is 1.60. The van der Waals surface area contributed by atoms with Crippen molar-refractivity contribution in [2.75, 3.05) is 0 Å². The molecule has 0 aromatic carbocycles. The van der Waals surface area contributed by atoms with E-state index < -0.39 is 0 Å². The number of carbonyl (C=O) groups excluding carboxylic acids is 1. The summed E-state index contributed by atoms with van der Waals surface area (Å²) in [4.78, 5) is 15.5. The zero-order valence-corrected chi connectivity index (χ0v) is 9.25. The highest BCUT2D eigenvalue weighted by Gasteiger charge is 2.29. The van der Waals surface area contributed by atoms with Crippen molar-refractivity contribution in [1.29, 1.82) is 0 Å². The molecule has 0 saturated heterocycles. The van der Waals surface area contributed by atoms with Gasteiger partial charge in [-0.15, -0.1) is 0 Å². The van der Waals surface area contributed by atoms with E-state index in [4.69, 9.17) is 0 Å². The van der Waals surface area contributed by atoms with Gasteiger partial charge in [-0.25, -0.2) is 0 Å². The number of rotatable bonds is 3. The lowest BCUT2D eigenvalue weighted by Gasteiger charge is -2.04. The van der Waals surface area contributed by atoms with Crippen LogP contribution in [0.2, 0.25) is 0 Å². The molecule has 14 heavy (non-hydrogen) atoms. The largest absolute Gasteiger partial charge is 0.350 e. The van der Waals surface area contributed by atoms with Crippen LogP contribution in [0.4, 0.5) is 0 Å². The fourth-order valence-electron chi connectivity index (χ4n) is 1.21. The van der Waals surface area contributed by atoms with Crippen molar-refractivity contribution >= 4 is 21.8 Å². The van der Waals surface area contributed by atoms with Crippen molar-refractivity contribution in [3.05, 3.63) is 28.5 Å². The maximum absolute atomic E-state index is 11.3. The minimum absolute atomic E-state index is 0.155. The molecule has 1 amide bonds. The van der Waals surface area contributed by atoms with E-state index in [1.165, 1.54) is 0 Å². The molecule has 0 spiro atoms. The minimum atomic E-state index is 0.155. The summed E-state index contributed by atoms with van der Waals surface area (Å²) in [7, 11) is 0. The van der Waals surface area contributed by atoms with E-state index in [0.29, 0.717) is 6.54 Å². The Morgan fingerprint density at radius 3 is 3.07 bits per heavy atom. The van der Waals surface area contributed by atoms with E-state index in [1.807, 2.05) is 12.1 Å². The smallest absolute Gasteiger partial charge is 0.223 e. The fraction of sp³-hybridized carbons (Fsp3) is 0.400. The molecule has 1 saturated carbocycles. The molecular weight excluding hydrogens is 244 g/mol. The molecule has 1 aliphatic rings. The molecule has 3 nitrogen and oxygen atoms in total. The van der Waals surface area contributed by atoms with Gasteiger partial charge < -0.3 is 5.32 Å². The second kappa shape index (κ2) is 4.09. The second-order valence-electron chi connectivity index (χ2n) is 3.42. The van der Waals surface area contributed by atoms with Gasteiger partial charge in [0.15, 0.2) is 0 Å². The standard InChI is InChI=1S/C10H11BrN2O/c11-8-2-1-5-12-9(8)6-13-10(14)7-3-4-7/h1-2,5,7H,3-4,6H2,(H,13,14). The Labute approximate surface area is 91.0 Å². The number of hydrogen-bond donors (Lipinski definition) is 1. The third-order valence-electron chi connectivity index (χ3n) is 2.21. The van der Waals surface area contributed by atoms with Crippen LogP contribution in [-0.2, 0) is 11.3 Å². The summed E-state index contributed by atoms with van der Waals surface area (Å²) in [6.45, 7) is 0.511. The molecule has 0 atom stereocenters. The van der Waals surface area contributed by atoms with E-state index in [2.05, 4.69) is 26.2 Å². The normalized spacial score (nSPS) is 15.2. The Morgan fingerprint density at radius 2 is 2.43 bits per heavy atom. The average Bonchev–Trinajstić information content (AvgIpc) is 2.99. The molecule has 2 rings (SSSR count). The van der Waals surface area contributed by atoms with Gasteiger partial charge in [-0.1, -0.05) is 0 Å². The average molecular weight is 255 g/mol. The molecular formula is C10H11BrN2O. The van der Waals surface area contributed by atoms with E-state index >= 15 is 0 Å². The number of carbonyl (C=O) groups is 1. The summed E-state index contributed by atoms with van der Waals surface area (Å²) in [5, 5.41) is 2.87. The maximum Gasteiger partial charge on any atom is 0.223 e. The molecule has 1 aromatic rings. The number of halogens is 1. The first kappa shape index (κ1) is 9.65. The van der Waals surface area contributed by atoms with Gasteiger partial charge in [-0.3, -0.25) is 9.78 Å². The zero-order valence-electron chi connectivity index (χ0n) is 7.66. The summed E-state index contributed by atoms with van der Waals surface area (Å²) in [6, 6.07) is 3.78. The van der Waals surface area contributed by atoms with Crippen LogP contribution in [0.5, 0.6) is 0 Å². The Bertz CT molecular complexity index is 350. The van der Waals surface area contributed by atoms with Crippen LogP contribution in [0.25, 0.3) is 0 Å². The zero-order chi connectivity index (χ0) is 9.97. The molecule has 0 aliphatic heterocycles. The first-order chi connectivity index (χ1) is 6.77. The van der Waals surface area contributed by atoms with Crippen LogP contribution in [0, 0.1) is 5.92 Å². The molecule has 0 radical (unpaired) electrons. The predicted octanol–water partition coefficient (Wildman–Crippen LogP) is 1.87. The lowest BCUT2D eigenvalue weighted by atomic mass is 10.3. The number of nitrogens with one attached hydrogen (secondary N) is 1. The first-order valence-corrected chi connectivity index (χ1v) is 5.44. The van der Waals surface area contributed by atoms with Crippen LogP contribution < -0.4 is 5.32 Å². The van der Waals surface area contributed by atoms with E-state index in [9.17, 15) is 4.79 Å². The number of aromatic nitrogens is 1. The van der Waals surface area contributed by atoms with Gasteiger partial charge in [0, 0.05) is 16.6 Å². The second-order valence-corrected chi connectivity index (χ2v) is 4.28. The minimum Gasteiger partial charge on any atom is -0.350 e. The maximum atomic E-state index is 11.3. The van der Waals surface area contributed by atoms with Crippen LogP contribution in [0.3, 0.4) is 0 Å². The number of hydrogen-bond acceptors (Lipinski definition) is 2. The van der Waals surface area contributed by atoms with E-state index in [1.54, 1.807) is 6.20 Å². The molecule has 1 N–H and O–H groups in total. The van der Waals surface area contributed by atoms with Crippen molar-refractivity contribution in [2.45, 2.75) is 19.4 Å². The number of nitrogens with zero attached hydrogens (tertiary/aromatic N) is 1. The van der Waals surface area contributed by atoms with Crippen molar-refractivity contribution in [3.8, 4) is 0 Å². The van der Waals surface area contributed by atoms with Crippen LogP contribution in [-0.4, -0.2) is 10.9 Å². The number of pyridine rings is 1. The third kappa shape index (κ3) is 2.32. The first-order valence-electron chi connectivity index (χ1n) is 4.64. The van der Waals surface area contributed by atoms with Crippen LogP contribution in [0.1, 0.15) is 18.5 Å². The van der Waals surface area contributed by atoms with E-state index in [0.717, 1.165) is 23.0 Å². The van der Waals surface area contributed by atoms with Crippen molar-refractivity contribution in [2.24, 2.45) is 5.92 Å². The van der Waals surface area contributed by atoms with Gasteiger partial charge in [0.05, 0.1) is 12.2 Å². The van der Waals surface area contributed by atoms with E-state index in [-0.39, 0.29) is 11.8 Å². The molecule has 4 heteroatoms. The summed E-state index contributed by atoms with van der Waals surface area (Å²) in [5.74, 6) is 0.417. The van der Waals surface area contributed by atoms with Crippen molar-refractivity contribution in [1.82, 2.24) is 10.3 Å². The highest BCUT2D eigenvalue weighted by molar-refractivity contribution is 9.10. The lowest BCUT2D eigenvalue weighted by molar-refractivity contribution is -0.122. The Hall–Kier alpha value is -0.900. The topological polar surface area (TPSA) is 42.0 Å². The van der Waals surface area contributed by atoms with Crippen LogP contribution >= 0.6 is 15.9 Å². The van der Waals surface area contributed by atoms with Gasteiger partial charge in [0.25, 0.3) is 0 Å². The highest BCUT2D eigenvalue weighted by Crippen LogP contribution is 2.28. The molecule has 0 unspecified atom stereocenters. The van der Waals surface area contributed by atoms with Gasteiger partial charge in [0.2, 0.25) is 5.91 Å². The third-order valence-corrected chi connectivity index (χ3v) is 2.93. The predicted molar refractivity (Wildman–Crippen MR) is 56.5 cm³/mol. The van der Waals surface area contributed by atoms with Crippen molar-refractivity contribution in [3.63, 3.8) is 0 Å². The Kier molecular flexibility index (Phi) is 2.82. The van der Waals surface area contributed by atoms with Gasteiger partial charge in [-0.05, 0) is 40.9 Å². The summed E-state index contributed by atoms with van der Waals surface area (Å²) >= 11 is 3.39. The molecule has 1 aromatic heterocycles. The van der Waals surface area contributed by atoms with Crippen LogP contribution in [0.15, 0.2) is 22.8 Å². The van der Waals surface area contributed by atoms with Crippen molar-refractivity contribution < 1.29 is 4.79 Å². The summed E-state index contributed by atoms with van der Waals surface area (Å²) < 4.78 is 0.941. The highest BCUT2D eigenvalue weighted by atomic mass is 79.9. The summed E-state index contributed by atoms with van der Waals surface area (Å²) in [6.07, 6.45) is 3.80. The lowest BCUT2D eigenvalue weighted by Crippen LogP contribution is -2.24. The SMILES string of the molecule is O=C(NCc1ncccc1Br)C1CC1. The summed E-state index contributed by atoms with van der Waals surface area (Å²) in [5.41, 5.74) is 0.876. The quantitative estimate of drug-likeness (QED) is 0.895. The van der Waals surface area contributed by atoms with Gasteiger partial charge in [-0.2, -0.15) is 0 Å². The monoisotopic (exact) mass is 254 g/mol. The number of amides is 1. The molecule has 74 valence electrons. The molecule has 1 fully saturated rings. The van der Waals surface area contributed by atoms with Gasteiger partial charge >= 0.3 is 0 Å². The van der Waals surface area contributed by atoms with Gasteiger partial charge in [0.1, 0.15) is 0 Å². The Morgan fingerprint density at radius 1 is 1.64 bits per heavy atom. The molecule has 1 heterocycles. The molecule has 1 aliphatic carbocycles.